The van der Waals surface area contributed by atoms with Crippen LogP contribution in [0.1, 0.15) is 53.9 Å². The van der Waals surface area contributed by atoms with Gasteiger partial charge in [0.05, 0.1) is 0 Å². The first-order chi connectivity index (χ1) is 8.95. The minimum Gasteiger partial charge on any atom is -0.431 e. The molecular formula is C17H28NO+. The van der Waals surface area contributed by atoms with Gasteiger partial charge in [0, 0.05) is 24.8 Å². The quantitative estimate of drug-likeness (QED) is 0.708. The fraction of sp³-hybridized carbons (Fsp3) is 0.824. The first-order valence-corrected chi connectivity index (χ1v) is 7.90. The average Bonchev–Trinajstić information content (AvgIpc) is 2.62. The monoisotopic (exact) mass is 262 g/mol. The van der Waals surface area contributed by atoms with E-state index in [4.69, 9.17) is 4.74 Å². The van der Waals surface area contributed by atoms with Gasteiger partial charge in [-0.3, -0.25) is 0 Å². The van der Waals surface area contributed by atoms with Crippen molar-refractivity contribution in [3.63, 3.8) is 0 Å². The third-order valence-electron chi connectivity index (χ3n) is 6.09. The van der Waals surface area contributed by atoms with Crippen molar-refractivity contribution in [2.24, 2.45) is 17.3 Å². The summed E-state index contributed by atoms with van der Waals surface area (Å²) in [6, 6.07) is 0.593. The first-order valence-electron chi connectivity index (χ1n) is 7.90. The van der Waals surface area contributed by atoms with Gasteiger partial charge in [-0.1, -0.05) is 26.8 Å². The van der Waals surface area contributed by atoms with Gasteiger partial charge in [0.25, 0.3) is 0 Å². The van der Waals surface area contributed by atoms with Gasteiger partial charge in [0.15, 0.2) is 11.6 Å². The van der Waals surface area contributed by atoms with Crippen molar-refractivity contribution >= 4 is 5.90 Å². The van der Waals surface area contributed by atoms with Crippen LogP contribution in [0.3, 0.4) is 0 Å². The second-order valence-electron chi connectivity index (χ2n) is 7.38. The zero-order valence-corrected chi connectivity index (χ0v) is 13.1. The van der Waals surface area contributed by atoms with E-state index in [1.54, 1.807) is 0 Å². The van der Waals surface area contributed by atoms with Crippen molar-refractivity contribution in [3.8, 4) is 0 Å². The number of allylic oxidation sites excluding steroid dienone is 1. The molecule has 0 amide bonds. The molecule has 19 heavy (non-hydrogen) atoms. The van der Waals surface area contributed by atoms with Gasteiger partial charge in [-0.15, -0.1) is 0 Å². The molecule has 1 aliphatic heterocycles. The average molecular weight is 262 g/mol. The first kappa shape index (κ1) is 13.2. The molecule has 0 spiro atoms. The van der Waals surface area contributed by atoms with Crippen LogP contribution in [0.5, 0.6) is 0 Å². The highest BCUT2D eigenvalue weighted by atomic mass is 16.5. The topological polar surface area (TPSA) is 12.2 Å². The van der Waals surface area contributed by atoms with E-state index in [0.29, 0.717) is 17.4 Å². The SMILES string of the molecule is C/C=C/C1=[N+](CCC)C2CC3CC(C3(C)C)C2(C)O1. The molecule has 0 N–H and O–H groups in total. The van der Waals surface area contributed by atoms with E-state index < -0.39 is 0 Å². The van der Waals surface area contributed by atoms with E-state index in [1.807, 2.05) is 0 Å². The Kier molecular flexibility index (Phi) is 2.85. The zero-order valence-electron chi connectivity index (χ0n) is 13.1. The van der Waals surface area contributed by atoms with Crippen LogP contribution in [-0.4, -0.2) is 28.7 Å². The summed E-state index contributed by atoms with van der Waals surface area (Å²) in [5.74, 6) is 2.72. The lowest BCUT2D eigenvalue weighted by Crippen LogP contribution is -2.67. The maximum Gasteiger partial charge on any atom is 0.363 e. The molecule has 2 heteroatoms. The van der Waals surface area contributed by atoms with Crippen LogP contribution in [0.4, 0.5) is 0 Å². The Bertz CT molecular complexity index is 448. The molecule has 4 rings (SSSR count). The Morgan fingerprint density at radius 3 is 2.63 bits per heavy atom. The lowest BCUT2D eigenvalue weighted by atomic mass is 9.43. The van der Waals surface area contributed by atoms with Gasteiger partial charge in [-0.05, 0) is 31.6 Å². The van der Waals surface area contributed by atoms with Crippen LogP contribution < -0.4 is 0 Å². The van der Waals surface area contributed by atoms with Gasteiger partial charge in [0.2, 0.25) is 0 Å². The van der Waals surface area contributed by atoms with Crippen LogP contribution in [-0.2, 0) is 4.74 Å². The second kappa shape index (κ2) is 4.10. The van der Waals surface area contributed by atoms with Crippen LogP contribution in [0.15, 0.2) is 12.2 Å². The molecule has 4 atom stereocenters. The highest BCUT2D eigenvalue weighted by Gasteiger charge is 2.71. The van der Waals surface area contributed by atoms with E-state index in [-0.39, 0.29) is 5.60 Å². The van der Waals surface area contributed by atoms with E-state index in [0.717, 1.165) is 18.4 Å². The van der Waals surface area contributed by atoms with Gasteiger partial charge >= 0.3 is 5.90 Å². The molecule has 3 saturated carbocycles. The van der Waals surface area contributed by atoms with Crippen LogP contribution in [0, 0.1) is 17.3 Å². The highest BCUT2D eigenvalue weighted by Crippen LogP contribution is 2.65. The number of rotatable bonds is 3. The Morgan fingerprint density at radius 2 is 2.05 bits per heavy atom. The Morgan fingerprint density at radius 1 is 1.32 bits per heavy atom. The fourth-order valence-corrected chi connectivity index (χ4v) is 4.92. The second-order valence-corrected chi connectivity index (χ2v) is 7.38. The molecule has 0 radical (unpaired) electrons. The fourth-order valence-electron chi connectivity index (χ4n) is 4.92. The van der Waals surface area contributed by atoms with E-state index >= 15 is 0 Å². The maximum atomic E-state index is 6.50. The van der Waals surface area contributed by atoms with Crippen molar-refractivity contribution in [1.29, 1.82) is 0 Å². The number of hydrogen-bond donors (Lipinski definition) is 0. The summed E-state index contributed by atoms with van der Waals surface area (Å²) >= 11 is 0. The molecule has 2 bridgehead atoms. The summed E-state index contributed by atoms with van der Waals surface area (Å²) in [5, 5.41) is 0. The Hall–Kier alpha value is -0.790. The standard InChI is InChI=1S/C17H28NO/c1-6-8-15-18(9-7-2)14-11-12-10-13(16(12,3)4)17(14,5)19-15/h6,8,12-14H,7,9-11H2,1-5H3/q+1/b8-6+. The van der Waals surface area contributed by atoms with Gasteiger partial charge in [-0.25, -0.2) is 0 Å². The van der Waals surface area contributed by atoms with Crippen molar-refractivity contribution in [2.75, 3.05) is 6.54 Å². The van der Waals surface area contributed by atoms with Crippen molar-refractivity contribution < 1.29 is 9.31 Å². The normalized spacial score (nSPS) is 43.1. The van der Waals surface area contributed by atoms with Gasteiger partial charge < -0.3 is 4.74 Å². The van der Waals surface area contributed by atoms with E-state index in [2.05, 4.69) is 51.3 Å². The lowest BCUT2D eigenvalue weighted by Gasteiger charge is -2.62. The van der Waals surface area contributed by atoms with Gasteiger partial charge in [0.1, 0.15) is 6.54 Å². The molecule has 3 fully saturated rings. The molecule has 1 heterocycles. The Balaban J connectivity index is 1.96. The van der Waals surface area contributed by atoms with Gasteiger partial charge in [-0.2, -0.15) is 4.58 Å². The highest BCUT2D eigenvalue weighted by molar-refractivity contribution is 5.84. The third kappa shape index (κ3) is 1.58. The number of nitrogens with zero attached hydrogens (tertiary/aromatic N) is 1. The molecule has 4 aliphatic rings. The summed E-state index contributed by atoms with van der Waals surface area (Å²) < 4.78 is 9.04. The molecule has 4 unspecified atom stereocenters. The summed E-state index contributed by atoms with van der Waals surface area (Å²) in [6.07, 6.45) is 8.12. The van der Waals surface area contributed by atoms with Crippen LogP contribution in [0.2, 0.25) is 0 Å². The van der Waals surface area contributed by atoms with Crippen LogP contribution in [0.25, 0.3) is 0 Å². The molecule has 0 aromatic carbocycles. The molecule has 3 aliphatic carbocycles. The molecule has 0 aromatic rings. The molecule has 0 saturated heterocycles. The van der Waals surface area contributed by atoms with E-state index in [9.17, 15) is 0 Å². The summed E-state index contributed by atoms with van der Waals surface area (Å²) in [7, 11) is 0. The summed E-state index contributed by atoms with van der Waals surface area (Å²) in [6.45, 7) is 12.7. The Labute approximate surface area is 117 Å². The predicted molar refractivity (Wildman–Crippen MR) is 78.5 cm³/mol. The molecule has 106 valence electrons. The summed E-state index contributed by atoms with van der Waals surface area (Å²) in [5.41, 5.74) is 0.497. The number of hydrogen-bond acceptors (Lipinski definition) is 1. The maximum absolute atomic E-state index is 6.50. The third-order valence-corrected chi connectivity index (χ3v) is 6.09. The zero-order chi connectivity index (χ0) is 13.8. The smallest absolute Gasteiger partial charge is 0.363 e. The minimum absolute atomic E-state index is 0.0300. The predicted octanol–water partition coefficient (Wildman–Crippen LogP) is 3.61. The van der Waals surface area contributed by atoms with Crippen molar-refractivity contribution in [3.05, 3.63) is 12.2 Å². The molecule has 0 aromatic heterocycles. The minimum atomic E-state index is 0.0300. The van der Waals surface area contributed by atoms with Crippen LogP contribution >= 0.6 is 0 Å². The summed E-state index contributed by atoms with van der Waals surface area (Å²) in [4.78, 5) is 0. The number of ether oxygens (including phenoxy) is 1. The molecule has 2 nitrogen and oxygen atoms in total. The lowest BCUT2D eigenvalue weighted by molar-refractivity contribution is -0.577. The van der Waals surface area contributed by atoms with Crippen molar-refractivity contribution in [2.45, 2.75) is 65.5 Å². The largest absolute Gasteiger partial charge is 0.431 e. The van der Waals surface area contributed by atoms with Crippen molar-refractivity contribution in [1.82, 2.24) is 0 Å². The van der Waals surface area contributed by atoms with E-state index in [1.165, 1.54) is 19.3 Å². The molecular weight excluding hydrogens is 234 g/mol.